The summed E-state index contributed by atoms with van der Waals surface area (Å²) in [5.74, 6) is -0.121. The molecule has 1 unspecified atom stereocenters. The summed E-state index contributed by atoms with van der Waals surface area (Å²) in [4.78, 5) is 12.1. The van der Waals surface area contributed by atoms with Crippen LogP contribution in [0.4, 0.5) is 19.0 Å². The molecule has 3 rings (SSSR count). The highest BCUT2D eigenvalue weighted by molar-refractivity contribution is 5.91. The van der Waals surface area contributed by atoms with Gasteiger partial charge >= 0.3 is 6.18 Å². The number of amides is 1. The van der Waals surface area contributed by atoms with Crippen LogP contribution in [-0.2, 0) is 15.7 Å². The van der Waals surface area contributed by atoms with Crippen molar-refractivity contribution in [2.45, 2.75) is 19.0 Å². The average Bonchev–Trinajstić information content (AvgIpc) is 3.03. The molecule has 1 atom stereocenters. The second kappa shape index (κ2) is 6.64. The Hall–Kier alpha value is -2.35. The normalized spacial score (nSPS) is 18.4. The van der Waals surface area contributed by atoms with Crippen LogP contribution in [0.2, 0.25) is 0 Å². The number of benzene rings is 1. The molecule has 1 amide bonds. The molecule has 0 spiro atoms. The highest BCUT2D eigenvalue weighted by Crippen LogP contribution is 2.30. The highest BCUT2D eigenvalue weighted by atomic mass is 19.4. The fraction of sp³-hybridized carbons (Fsp3) is 0.375. The Morgan fingerprint density at radius 1 is 1.33 bits per heavy atom. The third-order valence-electron chi connectivity index (χ3n) is 3.81. The van der Waals surface area contributed by atoms with Gasteiger partial charge in [0, 0.05) is 18.9 Å². The van der Waals surface area contributed by atoms with E-state index >= 15 is 0 Å². The van der Waals surface area contributed by atoms with Gasteiger partial charge in [0.1, 0.15) is 0 Å². The Morgan fingerprint density at radius 2 is 2.17 bits per heavy atom. The summed E-state index contributed by atoms with van der Waals surface area (Å²) in [5.41, 5.74) is -0.480. The van der Waals surface area contributed by atoms with Crippen molar-refractivity contribution in [2.24, 2.45) is 5.92 Å². The van der Waals surface area contributed by atoms with E-state index in [1.54, 1.807) is 6.07 Å². The predicted octanol–water partition coefficient (Wildman–Crippen LogP) is 3.26. The van der Waals surface area contributed by atoms with Crippen molar-refractivity contribution in [1.29, 1.82) is 0 Å². The van der Waals surface area contributed by atoms with Crippen molar-refractivity contribution in [1.82, 2.24) is 9.78 Å². The maximum absolute atomic E-state index is 12.8. The van der Waals surface area contributed by atoms with E-state index in [0.717, 1.165) is 25.0 Å². The van der Waals surface area contributed by atoms with E-state index in [1.165, 1.54) is 23.0 Å². The van der Waals surface area contributed by atoms with Gasteiger partial charge in [0.15, 0.2) is 5.82 Å². The number of nitrogens with one attached hydrogen (secondary N) is 1. The van der Waals surface area contributed by atoms with E-state index in [1.807, 2.05) is 0 Å². The molecule has 0 saturated carbocycles. The summed E-state index contributed by atoms with van der Waals surface area (Å²) in [5, 5.41) is 6.79. The van der Waals surface area contributed by atoms with Crippen LogP contribution in [0.25, 0.3) is 5.69 Å². The van der Waals surface area contributed by atoms with Crippen molar-refractivity contribution >= 4 is 11.7 Å². The molecule has 1 fully saturated rings. The van der Waals surface area contributed by atoms with Crippen LogP contribution >= 0.6 is 0 Å². The van der Waals surface area contributed by atoms with Crippen LogP contribution in [0.15, 0.2) is 36.5 Å². The van der Waals surface area contributed by atoms with Gasteiger partial charge in [-0.1, -0.05) is 6.07 Å². The first kappa shape index (κ1) is 16.5. The van der Waals surface area contributed by atoms with E-state index in [2.05, 4.69) is 10.4 Å². The third-order valence-corrected chi connectivity index (χ3v) is 3.81. The Bertz CT molecular complexity index is 721. The van der Waals surface area contributed by atoms with Crippen LogP contribution < -0.4 is 5.32 Å². The molecule has 2 heterocycles. The van der Waals surface area contributed by atoms with Crippen LogP contribution in [-0.4, -0.2) is 28.9 Å². The highest BCUT2D eigenvalue weighted by Gasteiger charge is 2.30. The monoisotopic (exact) mass is 339 g/mol. The zero-order valence-corrected chi connectivity index (χ0v) is 12.7. The molecular weight excluding hydrogens is 323 g/mol. The minimum absolute atomic E-state index is 0.191. The van der Waals surface area contributed by atoms with Crippen molar-refractivity contribution in [2.75, 3.05) is 18.5 Å². The number of hydrogen-bond acceptors (Lipinski definition) is 3. The molecule has 0 bridgehead atoms. The summed E-state index contributed by atoms with van der Waals surface area (Å²) < 4.78 is 44.9. The molecule has 0 aliphatic carbocycles. The number of hydrogen-bond donors (Lipinski definition) is 1. The summed E-state index contributed by atoms with van der Waals surface area (Å²) >= 11 is 0. The molecule has 0 radical (unpaired) electrons. The molecule has 1 aliphatic heterocycles. The zero-order valence-electron chi connectivity index (χ0n) is 12.7. The van der Waals surface area contributed by atoms with Crippen molar-refractivity contribution in [3.63, 3.8) is 0 Å². The lowest BCUT2D eigenvalue weighted by Gasteiger charge is -2.20. The van der Waals surface area contributed by atoms with Crippen molar-refractivity contribution in [3.8, 4) is 5.69 Å². The van der Waals surface area contributed by atoms with E-state index in [9.17, 15) is 18.0 Å². The first-order valence-electron chi connectivity index (χ1n) is 7.55. The van der Waals surface area contributed by atoms with Gasteiger partial charge in [0.2, 0.25) is 5.91 Å². The molecule has 1 aromatic heterocycles. The first-order chi connectivity index (χ1) is 11.4. The largest absolute Gasteiger partial charge is 0.416 e. The lowest BCUT2D eigenvalue weighted by atomic mass is 10.0. The fourth-order valence-corrected chi connectivity index (χ4v) is 2.53. The van der Waals surface area contributed by atoms with Crippen LogP contribution in [0.1, 0.15) is 18.4 Å². The van der Waals surface area contributed by atoms with Crippen molar-refractivity contribution in [3.05, 3.63) is 42.1 Å². The topological polar surface area (TPSA) is 56.2 Å². The Morgan fingerprint density at radius 3 is 2.88 bits per heavy atom. The number of carbonyl (C=O) groups is 1. The van der Waals surface area contributed by atoms with Gasteiger partial charge in [-0.3, -0.25) is 4.79 Å². The standard InChI is InChI=1S/C16H16F3N3O2/c17-16(18,19)12-4-1-5-13(9-12)22-7-6-14(21-22)20-15(23)11-3-2-8-24-10-11/h1,4-7,9,11H,2-3,8,10H2,(H,20,21,23). The Kier molecular flexibility index (Phi) is 4.57. The molecule has 1 aromatic carbocycles. The second-order valence-corrected chi connectivity index (χ2v) is 5.60. The van der Waals surface area contributed by atoms with Gasteiger partial charge in [-0.2, -0.15) is 18.3 Å². The number of carbonyl (C=O) groups excluding carboxylic acids is 1. The molecule has 1 aliphatic rings. The Labute approximate surface area is 136 Å². The van der Waals surface area contributed by atoms with Crippen molar-refractivity contribution < 1.29 is 22.7 Å². The lowest BCUT2D eigenvalue weighted by molar-refractivity contribution is -0.137. The van der Waals surface area contributed by atoms with E-state index in [0.29, 0.717) is 19.0 Å². The fourth-order valence-electron chi connectivity index (χ4n) is 2.53. The minimum atomic E-state index is -4.42. The molecular formula is C16H16F3N3O2. The molecule has 1 N–H and O–H groups in total. The van der Waals surface area contributed by atoms with Gasteiger partial charge in [-0.05, 0) is 31.0 Å². The summed E-state index contributed by atoms with van der Waals surface area (Å²) in [7, 11) is 0. The van der Waals surface area contributed by atoms with E-state index in [-0.39, 0.29) is 17.5 Å². The summed E-state index contributed by atoms with van der Waals surface area (Å²) in [6.45, 7) is 1.04. The van der Waals surface area contributed by atoms with Gasteiger partial charge in [0.25, 0.3) is 0 Å². The average molecular weight is 339 g/mol. The molecule has 8 heteroatoms. The number of ether oxygens (including phenoxy) is 1. The quantitative estimate of drug-likeness (QED) is 0.934. The van der Waals surface area contributed by atoms with Crippen LogP contribution in [0.5, 0.6) is 0 Å². The van der Waals surface area contributed by atoms with Crippen LogP contribution in [0, 0.1) is 5.92 Å². The Balaban J connectivity index is 1.72. The maximum atomic E-state index is 12.8. The number of rotatable bonds is 3. The molecule has 24 heavy (non-hydrogen) atoms. The zero-order chi connectivity index (χ0) is 17.2. The van der Waals surface area contributed by atoms with Gasteiger partial charge in [-0.25, -0.2) is 4.68 Å². The smallest absolute Gasteiger partial charge is 0.381 e. The number of anilines is 1. The van der Waals surface area contributed by atoms with Gasteiger partial charge in [0.05, 0.1) is 23.8 Å². The van der Waals surface area contributed by atoms with E-state index in [4.69, 9.17) is 4.74 Å². The second-order valence-electron chi connectivity index (χ2n) is 5.60. The SMILES string of the molecule is O=C(Nc1ccn(-c2cccc(C(F)(F)F)c2)n1)C1CCCOC1. The number of aromatic nitrogens is 2. The summed E-state index contributed by atoms with van der Waals surface area (Å²) in [6, 6.07) is 6.38. The van der Waals surface area contributed by atoms with E-state index < -0.39 is 11.7 Å². The number of nitrogens with zero attached hydrogens (tertiary/aromatic N) is 2. The maximum Gasteiger partial charge on any atom is 0.416 e. The first-order valence-corrected chi connectivity index (χ1v) is 7.55. The number of alkyl halides is 3. The third kappa shape index (κ3) is 3.76. The molecule has 2 aromatic rings. The number of halogens is 3. The molecule has 5 nitrogen and oxygen atoms in total. The van der Waals surface area contributed by atoms with Gasteiger partial charge < -0.3 is 10.1 Å². The van der Waals surface area contributed by atoms with Gasteiger partial charge in [-0.15, -0.1) is 0 Å². The molecule has 1 saturated heterocycles. The minimum Gasteiger partial charge on any atom is -0.381 e. The lowest BCUT2D eigenvalue weighted by Crippen LogP contribution is -2.30. The predicted molar refractivity (Wildman–Crippen MR) is 80.7 cm³/mol. The van der Waals surface area contributed by atoms with Crippen LogP contribution in [0.3, 0.4) is 0 Å². The molecule has 128 valence electrons. The summed E-state index contributed by atoms with van der Waals surface area (Å²) in [6.07, 6.45) is -1.33.